The molecular formula is C16H16ClNO4S. The van der Waals surface area contributed by atoms with Gasteiger partial charge in [0.1, 0.15) is 13.2 Å². The molecular weight excluding hydrogens is 338 g/mol. The van der Waals surface area contributed by atoms with Gasteiger partial charge in [-0.15, -0.1) is 0 Å². The van der Waals surface area contributed by atoms with Crippen LogP contribution in [0.5, 0.6) is 11.5 Å². The van der Waals surface area contributed by atoms with Gasteiger partial charge >= 0.3 is 0 Å². The van der Waals surface area contributed by atoms with Gasteiger partial charge < -0.3 is 9.47 Å². The molecule has 0 atom stereocenters. The molecule has 0 unspecified atom stereocenters. The Labute approximate surface area is 140 Å². The van der Waals surface area contributed by atoms with Crippen LogP contribution in [-0.2, 0) is 10.0 Å². The van der Waals surface area contributed by atoms with Crippen molar-refractivity contribution in [2.45, 2.75) is 11.8 Å². The van der Waals surface area contributed by atoms with Gasteiger partial charge in [-0.2, -0.15) is 0 Å². The average molecular weight is 354 g/mol. The van der Waals surface area contributed by atoms with Crippen molar-refractivity contribution < 1.29 is 17.9 Å². The molecule has 0 spiro atoms. The van der Waals surface area contributed by atoms with Gasteiger partial charge in [0.2, 0.25) is 0 Å². The maximum Gasteiger partial charge on any atom is 0.264 e. The van der Waals surface area contributed by atoms with E-state index in [4.69, 9.17) is 21.1 Å². The zero-order chi connectivity index (χ0) is 16.6. The van der Waals surface area contributed by atoms with Gasteiger partial charge in [-0.05, 0) is 36.8 Å². The van der Waals surface area contributed by atoms with Crippen LogP contribution in [0.3, 0.4) is 0 Å². The summed E-state index contributed by atoms with van der Waals surface area (Å²) < 4.78 is 37.7. The molecule has 0 amide bonds. The Balaban J connectivity index is 1.98. The van der Waals surface area contributed by atoms with Crippen LogP contribution in [0.15, 0.2) is 41.3 Å². The second kappa shape index (κ2) is 5.94. The largest absolute Gasteiger partial charge is 0.486 e. The summed E-state index contributed by atoms with van der Waals surface area (Å²) in [4.78, 5) is 0.140. The number of benzene rings is 2. The number of anilines is 1. The molecule has 2 aromatic rings. The number of rotatable bonds is 3. The Hall–Kier alpha value is -1.92. The van der Waals surface area contributed by atoms with E-state index in [1.807, 2.05) is 6.92 Å². The van der Waals surface area contributed by atoms with Crippen LogP contribution < -0.4 is 13.8 Å². The lowest BCUT2D eigenvalue weighted by atomic mass is 10.2. The molecule has 0 saturated carbocycles. The maximum absolute atomic E-state index is 12.8. The fourth-order valence-corrected chi connectivity index (χ4v) is 3.64. The first-order valence-corrected chi connectivity index (χ1v) is 8.86. The van der Waals surface area contributed by atoms with Crippen LogP contribution >= 0.6 is 11.6 Å². The van der Waals surface area contributed by atoms with E-state index in [1.54, 1.807) is 24.3 Å². The summed E-state index contributed by atoms with van der Waals surface area (Å²) >= 11 is 6.09. The molecule has 7 heteroatoms. The highest BCUT2D eigenvalue weighted by Crippen LogP contribution is 2.34. The molecule has 0 bridgehead atoms. The summed E-state index contributed by atoms with van der Waals surface area (Å²) in [5, 5.41) is 0.520. The molecule has 122 valence electrons. The third kappa shape index (κ3) is 2.96. The molecule has 2 aromatic carbocycles. The molecule has 1 aliphatic heterocycles. The van der Waals surface area contributed by atoms with E-state index in [9.17, 15) is 8.42 Å². The van der Waals surface area contributed by atoms with Crippen molar-refractivity contribution in [1.29, 1.82) is 0 Å². The Morgan fingerprint density at radius 3 is 2.43 bits per heavy atom. The maximum atomic E-state index is 12.8. The highest BCUT2D eigenvalue weighted by Gasteiger charge is 2.24. The van der Waals surface area contributed by atoms with Crippen LogP contribution in [-0.4, -0.2) is 28.7 Å². The third-order valence-electron chi connectivity index (χ3n) is 3.69. The van der Waals surface area contributed by atoms with Gasteiger partial charge in [0.05, 0.1) is 10.6 Å². The average Bonchev–Trinajstić information content (AvgIpc) is 2.56. The predicted molar refractivity (Wildman–Crippen MR) is 89.2 cm³/mol. The SMILES string of the molecule is Cc1ccc(N(C)S(=O)(=O)c2ccc3c(c2)OCCO3)cc1Cl. The Morgan fingerprint density at radius 2 is 1.74 bits per heavy atom. The minimum Gasteiger partial charge on any atom is -0.486 e. The fraction of sp³-hybridized carbons (Fsp3) is 0.250. The van der Waals surface area contributed by atoms with Crippen molar-refractivity contribution in [2.24, 2.45) is 0 Å². The molecule has 23 heavy (non-hydrogen) atoms. The van der Waals surface area contributed by atoms with Crippen LogP contribution in [0.2, 0.25) is 5.02 Å². The van der Waals surface area contributed by atoms with Crippen LogP contribution in [0, 0.1) is 6.92 Å². The number of hydrogen-bond donors (Lipinski definition) is 0. The molecule has 1 heterocycles. The summed E-state index contributed by atoms with van der Waals surface area (Å²) in [5.41, 5.74) is 1.39. The standard InChI is InChI=1S/C16H16ClNO4S/c1-11-3-4-12(9-14(11)17)18(2)23(19,20)13-5-6-15-16(10-13)22-8-7-21-15/h3-6,9-10H,7-8H2,1-2H3. The summed E-state index contributed by atoms with van der Waals surface area (Å²) in [5.74, 6) is 0.990. The van der Waals surface area contributed by atoms with E-state index in [0.717, 1.165) is 5.56 Å². The van der Waals surface area contributed by atoms with Gasteiger partial charge in [-0.25, -0.2) is 8.42 Å². The summed E-state index contributed by atoms with van der Waals surface area (Å²) in [6, 6.07) is 9.74. The highest BCUT2D eigenvalue weighted by molar-refractivity contribution is 7.92. The van der Waals surface area contributed by atoms with E-state index in [1.165, 1.54) is 23.5 Å². The molecule has 0 saturated heterocycles. The van der Waals surface area contributed by atoms with Crippen molar-refractivity contribution in [2.75, 3.05) is 24.6 Å². The first kappa shape index (κ1) is 16.0. The van der Waals surface area contributed by atoms with Crippen LogP contribution in [0.4, 0.5) is 5.69 Å². The summed E-state index contributed by atoms with van der Waals surface area (Å²) in [6.07, 6.45) is 0. The van der Waals surface area contributed by atoms with Gasteiger partial charge in [0.25, 0.3) is 10.0 Å². The van der Waals surface area contributed by atoms with Crippen molar-refractivity contribution >= 4 is 27.3 Å². The molecule has 0 aliphatic carbocycles. The Kier molecular flexibility index (Phi) is 4.12. The van der Waals surface area contributed by atoms with Crippen molar-refractivity contribution in [3.63, 3.8) is 0 Å². The number of fused-ring (bicyclic) bond motifs is 1. The Bertz CT molecular complexity index is 851. The van der Waals surface area contributed by atoms with Crippen molar-refractivity contribution in [1.82, 2.24) is 0 Å². The highest BCUT2D eigenvalue weighted by atomic mass is 35.5. The monoisotopic (exact) mass is 353 g/mol. The number of halogens is 1. The fourth-order valence-electron chi connectivity index (χ4n) is 2.26. The topological polar surface area (TPSA) is 55.8 Å². The minimum absolute atomic E-state index is 0.140. The normalized spacial score (nSPS) is 13.7. The van der Waals surface area contributed by atoms with E-state index in [-0.39, 0.29) is 4.90 Å². The number of sulfonamides is 1. The minimum atomic E-state index is -3.72. The zero-order valence-corrected chi connectivity index (χ0v) is 14.3. The van der Waals surface area contributed by atoms with E-state index >= 15 is 0 Å². The smallest absolute Gasteiger partial charge is 0.264 e. The van der Waals surface area contributed by atoms with Gasteiger partial charge in [-0.3, -0.25) is 4.31 Å². The second-order valence-corrected chi connectivity index (χ2v) is 7.59. The zero-order valence-electron chi connectivity index (χ0n) is 12.7. The first-order valence-electron chi connectivity index (χ1n) is 7.04. The Morgan fingerprint density at radius 1 is 1.04 bits per heavy atom. The van der Waals surface area contributed by atoms with Gasteiger partial charge in [0, 0.05) is 18.1 Å². The lowest BCUT2D eigenvalue weighted by Gasteiger charge is -2.22. The van der Waals surface area contributed by atoms with E-state index in [2.05, 4.69) is 0 Å². The molecule has 1 aliphatic rings. The molecule has 3 rings (SSSR count). The lowest BCUT2D eigenvalue weighted by Crippen LogP contribution is -2.27. The number of hydrogen-bond acceptors (Lipinski definition) is 4. The van der Waals surface area contributed by atoms with Gasteiger partial charge in [-0.1, -0.05) is 17.7 Å². The molecule has 0 fully saturated rings. The van der Waals surface area contributed by atoms with E-state index < -0.39 is 10.0 Å². The van der Waals surface area contributed by atoms with Crippen molar-refractivity contribution in [3.8, 4) is 11.5 Å². The summed E-state index contributed by atoms with van der Waals surface area (Å²) in [6.45, 7) is 2.72. The first-order chi connectivity index (χ1) is 10.9. The quantitative estimate of drug-likeness (QED) is 0.850. The summed E-state index contributed by atoms with van der Waals surface area (Å²) in [7, 11) is -2.22. The molecule has 0 radical (unpaired) electrons. The van der Waals surface area contributed by atoms with Crippen LogP contribution in [0.1, 0.15) is 5.56 Å². The third-order valence-corrected chi connectivity index (χ3v) is 5.88. The number of nitrogens with zero attached hydrogens (tertiary/aromatic N) is 1. The van der Waals surface area contributed by atoms with Crippen LogP contribution in [0.25, 0.3) is 0 Å². The van der Waals surface area contributed by atoms with Gasteiger partial charge in [0.15, 0.2) is 11.5 Å². The lowest BCUT2D eigenvalue weighted by molar-refractivity contribution is 0.171. The number of aryl methyl sites for hydroxylation is 1. The van der Waals surface area contributed by atoms with E-state index in [0.29, 0.717) is 35.4 Å². The molecule has 5 nitrogen and oxygen atoms in total. The second-order valence-electron chi connectivity index (χ2n) is 5.21. The number of ether oxygens (including phenoxy) is 2. The predicted octanol–water partition coefficient (Wildman–Crippen LogP) is 3.24. The van der Waals surface area contributed by atoms with Crippen molar-refractivity contribution in [3.05, 3.63) is 47.0 Å². The molecule has 0 aromatic heterocycles. The molecule has 0 N–H and O–H groups in total.